The highest BCUT2D eigenvalue weighted by Gasteiger charge is 2.38. The fourth-order valence-corrected chi connectivity index (χ4v) is 2.37. The van der Waals surface area contributed by atoms with E-state index in [1.165, 1.54) is 6.07 Å². The van der Waals surface area contributed by atoms with Crippen molar-refractivity contribution in [2.24, 2.45) is 11.1 Å². The van der Waals surface area contributed by atoms with E-state index in [2.05, 4.69) is 21.2 Å². The number of hydrogen-bond acceptors (Lipinski definition) is 3. The van der Waals surface area contributed by atoms with Crippen LogP contribution in [-0.2, 0) is 9.53 Å². The Hall–Kier alpha value is -0.690. The average molecular weight is 368 g/mol. The van der Waals surface area contributed by atoms with Gasteiger partial charge in [-0.1, -0.05) is 0 Å². The Labute approximate surface area is 131 Å². The molecule has 0 aromatic heterocycles. The van der Waals surface area contributed by atoms with E-state index in [4.69, 9.17) is 10.5 Å². The molecule has 1 aliphatic rings. The van der Waals surface area contributed by atoms with Crippen molar-refractivity contribution < 1.29 is 13.9 Å². The van der Waals surface area contributed by atoms with Crippen molar-refractivity contribution in [3.63, 3.8) is 0 Å². The number of carbonyl (C=O) groups excluding carboxylic acids is 1. The molecule has 1 aromatic carbocycles. The number of nitrogens with one attached hydrogen (secondary N) is 1. The lowest BCUT2D eigenvalue weighted by Gasteiger charge is -2.34. The minimum absolute atomic E-state index is 0. The summed E-state index contributed by atoms with van der Waals surface area (Å²) in [4.78, 5) is 12.3. The van der Waals surface area contributed by atoms with E-state index >= 15 is 0 Å². The Balaban J connectivity index is 0.00000200. The predicted octanol–water partition coefficient (Wildman–Crippen LogP) is 2.70. The van der Waals surface area contributed by atoms with Gasteiger partial charge in [-0.2, -0.15) is 0 Å². The molecule has 1 fully saturated rings. The smallest absolute Gasteiger partial charge is 0.232 e. The lowest BCUT2D eigenvalue weighted by Crippen LogP contribution is -2.46. The van der Waals surface area contributed by atoms with Crippen molar-refractivity contribution in [2.75, 3.05) is 25.1 Å². The molecule has 4 nitrogen and oxygen atoms in total. The highest BCUT2D eigenvalue weighted by Crippen LogP contribution is 2.31. The van der Waals surface area contributed by atoms with Crippen molar-refractivity contribution in [3.8, 4) is 0 Å². The third-order valence-corrected chi connectivity index (χ3v) is 4.14. The number of amides is 1. The predicted molar refractivity (Wildman–Crippen MR) is 81.5 cm³/mol. The quantitative estimate of drug-likeness (QED) is 0.863. The topological polar surface area (TPSA) is 64.4 Å². The van der Waals surface area contributed by atoms with Gasteiger partial charge in [0.15, 0.2) is 0 Å². The summed E-state index contributed by atoms with van der Waals surface area (Å²) in [5.41, 5.74) is 5.57. The third-order valence-electron chi connectivity index (χ3n) is 3.50. The van der Waals surface area contributed by atoms with E-state index in [-0.39, 0.29) is 24.9 Å². The van der Waals surface area contributed by atoms with Crippen molar-refractivity contribution in [3.05, 3.63) is 28.5 Å². The molecule has 0 saturated carbocycles. The normalized spacial score (nSPS) is 17.1. The van der Waals surface area contributed by atoms with Gasteiger partial charge >= 0.3 is 0 Å². The zero-order valence-electron chi connectivity index (χ0n) is 10.8. The number of carbonyl (C=O) groups is 1. The summed E-state index contributed by atoms with van der Waals surface area (Å²) < 4.78 is 19.0. The summed E-state index contributed by atoms with van der Waals surface area (Å²) in [6, 6.07) is 4.49. The van der Waals surface area contributed by atoms with Crippen LogP contribution < -0.4 is 11.1 Å². The Morgan fingerprint density at radius 1 is 1.45 bits per heavy atom. The van der Waals surface area contributed by atoms with Gasteiger partial charge in [-0.15, -0.1) is 12.4 Å². The van der Waals surface area contributed by atoms with Gasteiger partial charge in [-0.25, -0.2) is 4.39 Å². The van der Waals surface area contributed by atoms with Crippen LogP contribution in [-0.4, -0.2) is 25.7 Å². The van der Waals surface area contributed by atoms with Crippen LogP contribution in [0.2, 0.25) is 0 Å². The molecule has 0 spiro atoms. The van der Waals surface area contributed by atoms with E-state index < -0.39 is 11.2 Å². The molecule has 1 aliphatic heterocycles. The maximum atomic E-state index is 13.4. The van der Waals surface area contributed by atoms with Gasteiger partial charge in [-0.05, 0) is 47.0 Å². The van der Waals surface area contributed by atoms with Gasteiger partial charge in [0.05, 0.1) is 9.89 Å². The molecule has 0 bridgehead atoms. The average Bonchev–Trinajstić information content (AvgIpc) is 2.43. The Bertz CT molecular complexity index is 481. The second-order valence-electron chi connectivity index (χ2n) is 4.68. The van der Waals surface area contributed by atoms with Gasteiger partial charge in [0.25, 0.3) is 0 Å². The molecule has 2 rings (SSSR count). The SMILES string of the molecule is Cl.NCC1(C(=O)Nc2ccc(Br)c(F)c2)CCOCC1. The molecule has 0 radical (unpaired) electrons. The number of nitrogens with two attached hydrogens (primary N) is 1. The summed E-state index contributed by atoms with van der Waals surface area (Å²) in [5, 5.41) is 2.74. The second-order valence-corrected chi connectivity index (χ2v) is 5.53. The van der Waals surface area contributed by atoms with Crippen LogP contribution in [0.1, 0.15) is 12.8 Å². The summed E-state index contributed by atoms with van der Waals surface area (Å²) in [6.07, 6.45) is 1.18. The van der Waals surface area contributed by atoms with Crippen LogP contribution in [0, 0.1) is 11.2 Å². The summed E-state index contributed by atoms with van der Waals surface area (Å²) >= 11 is 3.07. The van der Waals surface area contributed by atoms with Crippen molar-refractivity contribution in [1.29, 1.82) is 0 Å². The van der Waals surface area contributed by atoms with Crippen LogP contribution >= 0.6 is 28.3 Å². The van der Waals surface area contributed by atoms with E-state index in [9.17, 15) is 9.18 Å². The number of ether oxygens (including phenoxy) is 1. The van der Waals surface area contributed by atoms with Crippen LogP contribution in [0.3, 0.4) is 0 Å². The molecule has 0 unspecified atom stereocenters. The Morgan fingerprint density at radius 2 is 2.10 bits per heavy atom. The van der Waals surface area contributed by atoms with E-state index in [1.807, 2.05) is 0 Å². The highest BCUT2D eigenvalue weighted by molar-refractivity contribution is 9.10. The monoisotopic (exact) mass is 366 g/mol. The first-order valence-corrected chi connectivity index (χ1v) is 6.91. The van der Waals surface area contributed by atoms with Crippen molar-refractivity contribution in [2.45, 2.75) is 12.8 Å². The zero-order valence-corrected chi connectivity index (χ0v) is 13.2. The molecule has 7 heteroatoms. The van der Waals surface area contributed by atoms with Gasteiger partial charge in [0, 0.05) is 25.4 Å². The summed E-state index contributed by atoms with van der Waals surface area (Å²) in [6.45, 7) is 1.32. The maximum Gasteiger partial charge on any atom is 0.232 e. The zero-order chi connectivity index (χ0) is 13.9. The molecule has 112 valence electrons. The minimum atomic E-state index is -0.609. The molecule has 1 saturated heterocycles. The molecular formula is C13H17BrClFN2O2. The Morgan fingerprint density at radius 3 is 2.65 bits per heavy atom. The fourth-order valence-electron chi connectivity index (χ4n) is 2.12. The van der Waals surface area contributed by atoms with E-state index in [0.29, 0.717) is 36.2 Å². The molecule has 1 amide bonds. The third kappa shape index (κ3) is 3.69. The maximum absolute atomic E-state index is 13.4. The standard InChI is InChI=1S/C13H16BrFN2O2.ClH/c14-10-2-1-9(7-11(10)15)17-12(18)13(8-16)3-5-19-6-4-13;/h1-2,7H,3-6,8,16H2,(H,17,18);1H. The molecule has 1 heterocycles. The number of benzene rings is 1. The van der Waals surface area contributed by atoms with Crippen LogP contribution in [0.15, 0.2) is 22.7 Å². The number of rotatable bonds is 3. The fraction of sp³-hybridized carbons (Fsp3) is 0.462. The lowest BCUT2D eigenvalue weighted by atomic mass is 9.79. The molecule has 0 aliphatic carbocycles. The Kier molecular flexibility index (Phi) is 6.39. The summed E-state index contributed by atoms with van der Waals surface area (Å²) in [5.74, 6) is -0.577. The minimum Gasteiger partial charge on any atom is -0.381 e. The van der Waals surface area contributed by atoms with Crippen molar-refractivity contribution in [1.82, 2.24) is 0 Å². The van der Waals surface area contributed by atoms with Gasteiger partial charge < -0.3 is 15.8 Å². The van der Waals surface area contributed by atoms with Crippen LogP contribution in [0.4, 0.5) is 10.1 Å². The van der Waals surface area contributed by atoms with Gasteiger partial charge in [0.2, 0.25) is 5.91 Å². The van der Waals surface area contributed by atoms with Gasteiger partial charge in [0.1, 0.15) is 5.82 Å². The highest BCUT2D eigenvalue weighted by atomic mass is 79.9. The summed E-state index contributed by atoms with van der Waals surface area (Å²) in [7, 11) is 0. The molecule has 1 aromatic rings. The molecule has 20 heavy (non-hydrogen) atoms. The largest absolute Gasteiger partial charge is 0.381 e. The van der Waals surface area contributed by atoms with E-state index in [1.54, 1.807) is 12.1 Å². The lowest BCUT2D eigenvalue weighted by molar-refractivity contribution is -0.130. The van der Waals surface area contributed by atoms with Crippen molar-refractivity contribution >= 4 is 39.9 Å². The number of anilines is 1. The number of halogens is 3. The van der Waals surface area contributed by atoms with Gasteiger partial charge in [-0.3, -0.25) is 4.79 Å². The molecule has 0 atom stereocenters. The molecule has 3 N–H and O–H groups in total. The van der Waals surface area contributed by atoms with E-state index in [0.717, 1.165) is 0 Å². The number of hydrogen-bond donors (Lipinski definition) is 2. The first-order chi connectivity index (χ1) is 9.07. The van der Waals surface area contributed by atoms with Crippen LogP contribution in [0.5, 0.6) is 0 Å². The van der Waals surface area contributed by atoms with Crippen LogP contribution in [0.25, 0.3) is 0 Å². The molecular weight excluding hydrogens is 351 g/mol. The first-order valence-electron chi connectivity index (χ1n) is 6.12. The second kappa shape index (κ2) is 7.36. The first kappa shape index (κ1) is 17.4.